The molecule has 7 nitrogen and oxygen atoms in total. The van der Waals surface area contributed by atoms with Gasteiger partial charge in [0.15, 0.2) is 0 Å². The van der Waals surface area contributed by atoms with Crippen LogP contribution in [0.2, 0.25) is 0 Å². The van der Waals surface area contributed by atoms with Crippen LogP contribution < -0.4 is 5.32 Å². The highest BCUT2D eigenvalue weighted by Gasteiger charge is 2.22. The molecule has 0 aliphatic carbocycles. The Labute approximate surface area is 153 Å². The van der Waals surface area contributed by atoms with Gasteiger partial charge in [0.25, 0.3) is 0 Å². The molecule has 4 rings (SSSR count). The number of hydrogen-bond donors (Lipinski definition) is 1. The van der Waals surface area contributed by atoms with Crippen LogP contribution in [-0.2, 0) is 19.6 Å². The Hall–Kier alpha value is -2.80. The Morgan fingerprint density at radius 3 is 2.69 bits per heavy atom. The van der Waals surface area contributed by atoms with Crippen LogP contribution in [-0.4, -0.2) is 42.7 Å². The average molecular weight is 349 g/mol. The van der Waals surface area contributed by atoms with Gasteiger partial charge in [-0.05, 0) is 42.2 Å². The number of nitrogens with zero attached hydrogens (tertiary/aromatic N) is 6. The first kappa shape index (κ1) is 16.7. The highest BCUT2D eigenvalue weighted by molar-refractivity contribution is 5.21. The van der Waals surface area contributed by atoms with Crippen molar-refractivity contribution in [3.8, 4) is 0 Å². The number of fused-ring (bicyclic) bond motifs is 1. The third kappa shape index (κ3) is 4.23. The molecule has 3 aromatic rings. The lowest BCUT2D eigenvalue weighted by atomic mass is 10.0. The van der Waals surface area contributed by atoms with Gasteiger partial charge in [0, 0.05) is 63.7 Å². The number of hydrogen-bond acceptors (Lipinski definition) is 6. The van der Waals surface area contributed by atoms with Gasteiger partial charge >= 0.3 is 0 Å². The molecule has 4 heterocycles. The minimum Gasteiger partial charge on any atom is -0.354 e. The van der Waals surface area contributed by atoms with Gasteiger partial charge in [-0.15, -0.1) is 0 Å². The lowest BCUT2D eigenvalue weighted by Gasteiger charge is -2.24. The topological polar surface area (TPSA) is 71.8 Å². The van der Waals surface area contributed by atoms with Crippen molar-refractivity contribution in [1.29, 1.82) is 0 Å². The van der Waals surface area contributed by atoms with Gasteiger partial charge < -0.3 is 5.32 Å². The van der Waals surface area contributed by atoms with Crippen LogP contribution in [0, 0.1) is 5.92 Å². The smallest absolute Gasteiger partial charge is 0.222 e. The summed E-state index contributed by atoms with van der Waals surface area (Å²) < 4.78 is 2.15. The van der Waals surface area contributed by atoms with Crippen LogP contribution in [0.4, 0.5) is 5.95 Å². The van der Waals surface area contributed by atoms with E-state index in [1.807, 2.05) is 24.7 Å². The van der Waals surface area contributed by atoms with Gasteiger partial charge in [0.1, 0.15) is 0 Å². The monoisotopic (exact) mass is 349 g/mol. The van der Waals surface area contributed by atoms with Gasteiger partial charge in [-0.2, -0.15) is 5.10 Å². The summed E-state index contributed by atoms with van der Waals surface area (Å²) >= 11 is 0. The molecule has 1 aliphatic heterocycles. The summed E-state index contributed by atoms with van der Waals surface area (Å²) in [5.74, 6) is 1.21. The van der Waals surface area contributed by atoms with E-state index in [9.17, 15) is 0 Å². The first-order valence-electron chi connectivity index (χ1n) is 8.99. The van der Waals surface area contributed by atoms with Crippen molar-refractivity contribution in [3.05, 3.63) is 66.5 Å². The molecule has 1 aliphatic rings. The Bertz CT molecular complexity index is 803. The van der Waals surface area contributed by atoms with E-state index in [0.717, 1.165) is 39.1 Å². The van der Waals surface area contributed by atoms with Crippen LogP contribution in [0.5, 0.6) is 0 Å². The van der Waals surface area contributed by atoms with Crippen molar-refractivity contribution in [2.45, 2.75) is 26.1 Å². The van der Waals surface area contributed by atoms with Crippen LogP contribution in [0.3, 0.4) is 0 Å². The van der Waals surface area contributed by atoms with Crippen molar-refractivity contribution < 1.29 is 0 Å². The zero-order valence-corrected chi connectivity index (χ0v) is 14.7. The number of anilines is 1. The molecule has 0 saturated heterocycles. The molecule has 0 radical (unpaired) electrons. The number of aromatic nitrogens is 5. The quantitative estimate of drug-likeness (QED) is 0.736. The van der Waals surface area contributed by atoms with Crippen molar-refractivity contribution in [3.63, 3.8) is 0 Å². The molecular formula is C19H23N7. The van der Waals surface area contributed by atoms with Gasteiger partial charge in [0.2, 0.25) is 5.95 Å². The highest BCUT2D eigenvalue weighted by Crippen LogP contribution is 2.20. The molecule has 3 aromatic heterocycles. The number of pyridine rings is 1. The lowest BCUT2D eigenvalue weighted by molar-refractivity contribution is 0.217. The zero-order valence-electron chi connectivity index (χ0n) is 14.7. The normalized spacial score (nSPS) is 17.5. The predicted molar refractivity (Wildman–Crippen MR) is 99.2 cm³/mol. The Morgan fingerprint density at radius 1 is 1.00 bits per heavy atom. The molecule has 0 amide bonds. The third-order valence-electron chi connectivity index (χ3n) is 4.69. The van der Waals surface area contributed by atoms with Gasteiger partial charge in [-0.25, -0.2) is 9.97 Å². The summed E-state index contributed by atoms with van der Waals surface area (Å²) in [6, 6.07) is 8.13. The molecule has 0 saturated carbocycles. The maximum absolute atomic E-state index is 4.51. The van der Waals surface area contributed by atoms with Crippen LogP contribution in [0.1, 0.15) is 17.7 Å². The van der Waals surface area contributed by atoms with E-state index in [1.165, 1.54) is 11.3 Å². The van der Waals surface area contributed by atoms with E-state index in [1.54, 1.807) is 12.4 Å². The summed E-state index contributed by atoms with van der Waals surface area (Å²) in [5.41, 5.74) is 2.57. The summed E-state index contributed by atoms with van der Waals surface area (Å²) in [4.78, 5) is 15.1. The van der Waals surface area contributed by atoms with E-state index in [0.29, 0.717) is 11.9 Å². The fourth-order valence-electron chi connectivity index (χ4n) is 3.45. The van der Waals surface area contributed by atoms with Gasteiger partial charge in [-0.1, -0.05) is 0 Å². The predicted octanol–water partition coefficient (Wildman–Crippen LogP) is 2.20. The maximum Gasteiger partial charge on any atom is 0.222 e. The van der Waals surface area contributed by atoms with E-state index >= 15 is 0 Å². The molecule has 0 bridgehead atoms. The third-order valence-corrected chi connectivity index (χ3v) is 4.69. The summed E-state index contributed by atoms with van der Waals surface area (Å²) in [6.07, 6.45) is 10.2. The Balaban J connectivity index is 1.40. The van der Waals surface area contributed by atoms with Crippen molar-refractivity contribution in [1.82, 2.24) is 29.6 Å². The first-order chi connectivity index (χ1) is 12.9. The molecule has 7 heteroatoms. The second-order valence-corrected chi connectivity index (χ2v) is 6.68. The fraction of sp³-hybridized carbons (Fsp3) is 0.368. The van der Waals surface area contributed by atoms with Crippen molar-refractivity contribution >= 4 is 5.95 Å². The standard InChI is InChI=1S/C19H23N7/c1-6-21-19(22-7-1)23-10-4-17-13-25(12-16-2-8-20-9-3-16)15-18-5-11-24-26(18)14-17/h1-3,5-9,11,17H,4,10,12-15H2,(H,21,22,23)/t17-/m1/s1. The Morgan fingerprint density at radius 2 is 1.85 bits per heavy atom. The average Bonchev–Trinajstić information content (AvgIpc) is 3.03. The number of rotatable bonds is 6. The molecule has 26 heavy (non-hydrogen) atoms. The SMILES string of the molecule is c1cnc(NCC[C@@H]2CN(Cc3ccncc3)Cc3ccnn3C2)nc1. The highest BCUT2D eigenvalue weighted by atomic mass is 15.3. The minimum absolute atomic E-state index is 0.522. The molecule has 1 atom stereocenters. The van der Waals surface area contributed by atoms with Gasteiger partial charge in [0.05, 0.1) is 5.69 Å². The van der Waals surface area contributed by atoms with Crippen LogP contribution in [0.15, 0.2) is 55.2 Å². The van der Waals surface area contributed by atoms with Crippen LogP contribution >= 0.6 is 0 Å². The molecule has 0 aromatic carbocycles. The second kappa shape index (κ2) is 8.05. The fourth-order valence-corrected chi connectivity index (χ4v) is 3.45. The minimum atomic E-state index is 0.522. The van der Waals surface area contributed by atoms with Gasteiger partial charge in [-0.3, -0.25) is 14.6 Å². The second-order valence-electron chi connectivity index (χ2n) is 6.68. The first-order valence-corrected chi connectivity index (χ1v) is 8.99. The summed E-state index contributed by atoms with van der Waals surface area (Å²) in [5, 5.41) is 7.83. The summed E-state index contributed by atoms with van der Waals surface area (Å²) in [7, 11) is 0. The van der Waals surface area contributed by atoms with Crippen molar-refractivity contribution in [2.75, 3.05) is 18.4 Å². The summed E-state index contributed by atoms with van der Waals surface area (Å²) in [6.45, 7) is 4.71. The van der Waals surface area contributed by atoms with Crippen LogP contribution in [0.25, 0.3) is 0 Å². The van der Waals surface area contributed by atoms with E-state index in [-0.39, 0.29) is 0 Å². The Kier molecular flexibility index (Phi) is 5.16. The van der Waals surface area contributed by atoms with Crippen molar-refractivity contribution in [2.24, 2.45) is 5.92 Å². The zero-order chi connectivity index (χ0) is 17.6. The number of nitrogens with one attached hydrogen (secondary N) is 1. The molecule has 134 valence electrons. The molecule has 0 unspecified atom stereocenters. The van der Waals surface area contributed by atoms with E-state index in [2.05, 4.69) is 53.1 Å². The van der Waals surface area contributed by atoms with E-state index in [4.69, 9.17) is 0 Å². The maximum atomic E-state index is 4.51. The van der Waals surface area contributed by atoms with E-state index < -0.39 is 0 Å². The molecule has 1 N–H and O–H groups in total. The largest absolute Gasteiger partial charge is 0.354 e. The molecular weight excluding hydrogens is 326 g/mol. The lowest BCUT2D eigenvalue weighted by Crippen LogP contribution is -2.28. The molecule has 0 fully saturated rings. The molecule has 0 spiro atoms.